The van der Waals surface area contributed by atoms with Gasteiger partial charge in [-0.25, -0.2) is 0 Å². The van der Waals surface area contributed by atoms with Gasteiger partial charge < -0.3 is 15.0 Å². The largest absolute Gasteiger partial charge is 0.379 e. The average Bonchev–Trinajstić information content (AvgIpc) is 3.18. The second kappa shape index (κ2) is 7.15. The van der Waals surface area contributed by atoms with Crippen molar-refractivity contribution < 1.29 is 9.53 Å². The van der Waals surface area contributed by atoms with Crippen LogP contribution >= 0.6 is 11.5 Å². The first-order valence-electron chi connectivity index (χ1n) is 8.40. The number of nitrogens with one attached hydrogen (secondary N) is 1. The third-order valence-electron chi connectivity index (χ3n) is 5.04. The van der Waals surface area contributed by atoms with Gasteiger partial charge >= 0.3 is 0 Å². The number of anilines is 1. The molecule has 128 valence electrons. The number of aromatic nitrogens is 1. The predicted molar refractivity (Wildman–Crippen MR) is 92.3 cm³/mol. The summed E-state index contributed by atoms with van der Waals surface area (Å²) < 4.78 is 9.80. The zero-order valence-corrected chi connectivity index (χ0v) is 15.0. The Balaban J connectivity index is 1.76. The smallest absolute Gasteiger partial charge is 0.258 e. The molecule has 0 aromatic carbocycles. The minimum atomic E-state index is 0.120. The zero-order valence-electron chi connectivity index (χ0n) is 14.2. The number of aryl methyl sites for hydroxylation is 1. The summed E-state index contributed by atoms with van der Waals surface area (Å²) >= 11 is 1.36. The van der Waals surface area contributed by atoms with Gasteiger partial charge in [0.1, 0.15) is 5.00 Å². The van der Waals surface area contributed by atoms with Gasteiger partial charge in [0.2, 0.25) is 0 Å². The maximum atomic E-state index is 13.0. The van der Waals surface area contributed by atoms with E-state index in [1.807, 2.05) is 18.9 Å². The maximum absolute atomic E-state index is 13.0. The molecule has 23 heavy (non-hydrogen) atoms. The summed E-state index contributed by atoms with van der Waals surface area (Å²) in [5, 5.41) is 3.97. The van der Waals surface area contributed by atoms with Crippen LogP contribution in [0.15, 0.2) is 0 Å². The highest BCUT2D eigenvalue weighted by atomic mass is 32.1. The van der Waals surface area contributed by atoms with Gasteiger partial charge in [0.05, 0.1) is 24.5 Å². The van der Waals surface area contributed by atoms with E-state index in [1.54, 1.807) is 0 Å². The number of morpholine rings is 1. The molecule has 0 radical (unpaired) electrons. The summed E-state index contributed by atoms with van der Waals surface area (Å²) in [6, 6.07) is 0.456. The number of likely N-dealkylation sites (tertiary alicyclic amines) is 1. The molecule has 0 saturated carbocycles. The van der Waals surface area contributed by atoms with Crippen LogP contribution in [0.25, 0.3) is 0 Å². The standard InChI is InChI=1S/C16H26N4O2S/c1-4-12-9-20(10-13(12)19-5-7-22-8-6-19)16(21)14-11(2)18-23-15(14)17-3/h12-13,17H,4-10H2,1-3H3/t12-,13+/m1/s1. The Morgan fingerprint density at radius 1 is 1.39 bits per heavy atom. The van der Waals surface area contributed by atoms with Crippen molar-refractivity contribution in [3.63, 3.8) is 0 Å². The molecule has 0 bridgehead atoms. The van der Waals surface area contributed by atoms with Crippen molar-refractivity contribution in [2.24, 2.45) is 5.92 Å². The van der Waals surface area contributed by atoms with Gasteiger partial charge in [0.25, 0.3) is 5.91 Å². The number of carbonyl (C=O) groups is 1. The first kappa shape index (κ1) is 16.7. The van der Waals surface area contributed by atoms with Gasteiger partial charge in [0, 0.05) is 39.3 Å². The number of nitrogens with zero attached hydrogens (tertiary/aromatic N) is 3. The molecule has 7 heteroatoms. The lowest BCUT2D eigenvalue weighted by atomic mass is 9.99. The maximum Gasteiger partial charge on any atom is 0.258 e. The van der Waals surface area contributed by atoms with E-state index in [9.17, 15) is 4.79 Å². The molecule has 2 saturated heterocycles. The van der Waals surface area contributed by atoms with E-state index in [0.717, 1.165) is 62.1 Å². The number of hydrogen-bond donors (Lipinski definition) is 1. The zero-order chi connectivity index (χ0) is 16.4. The summed E-state index contributed by atoms with van der Waals surface area (Å²) in [4.78, 5) is 17.5. The molecule has 2 atom stereocenters. The fourth-order valence-electron chi connectivity index (χ4n) is 3.69. The summed E-state index contributed by atoms with van der Waals surface area (Å²) in [6.07, 6.45) is 1.10. The molecule has 3 heterocycles. The second-order valence-corrected chi connectivity index (χ2v) is 7.09. The fraction of sp³-hybridized carbons (Fsp3) is 0.750. The van der Waals surface area contributed by atoms with Crippen LogP contribution in [0.4, 0.5) is 5.00 Å². The quantitative estimate of drug-likeness (QED) is 0.905. The molecule has 6 nitrogen and oxygen atoms in total. The Morgan fingerprint density at radius 2 is 2.13 bits per heavy atom. The highest BCUT2D eigenvalue weighted by molar-refractivity contribution is 7.10. The van der Waals surface area contributed by atoms with E-state index in [1.165, 1.54) is 11.5 Å². The van der Waals surface area contributed by atoms with Crippen molar-refractivity contribution >= 4 is 22.4 Å². The molecule has 0 unspecified atom stereocenters. The molecule has 2 fully saturated rings. The summed E-state index contributed by atoms with van der Waals surface area (Å²) in [5.41, 5.74) is 1.57. The van der Waals surface area contributed by atoms with E-state index in [-0.39, 0.29) is 5.91 Å². The van der Waals surface area contributed by atoms with E-state index in [2.05, 4.69) is 21.5 Å². The fourth-order valence-corrected chi connectivity index (χ4v) is 4.43. The third kappa shape index (κ3) is 3.22. The normalized spacial score (nSPS) is 25.8. The Morgan fingerprint density at radius 3 is 2.78 bits per heavy atom. The van der Waals surface area contributed by atoms with Gasteiger partial charge in [-0.3, -0.25) is 9.69 Å². The average molecular weight is 338 g/mol. The minimum absolute atomic E-state index is 0.120. The SMILES string of the molecule is CC[C@@H]1CN(C(=O)c2c(C)nsc2NC)C[C@@H]1N1CCOCC1. The second-order valence-electron chi connectivity index (χ2n) is 6.32. The van der Waals surface area contributed by atoms with Gasteiger partial charge in [-0.1, -0.05) is 13.3 Å². The number of amides is 1. The molecular weight excluding hydrogens is 312 g/mol. The molecule has 1 N–H and O–H groups in total. The van der Waals surface area contributed by atoms with Crippen molar-refractivity contribution in [1.82, 2.24) is 14.2 Å². The third-order valence-corrected chi connectivity index (χ3v) is 5.99. The number of carbonyl (C=O) groups excluding carboxylic acids is 1. The van der Waals surface area contributed by atoms with E-state index in [0.29, 0.717) is 12.0 Å². The lowest BCUT2D eigenvalue weighted by molar-refractivity contribution is 0.0103. The first-order chi connectivity index (χ1) is 11.2. The predicted octanol–water partition coefficient (Wildman–Crippen LogP) is 1.68. The van der Waals surface area contributed by atoms with Crippen LogP contribution in [0.2, 0.25) is 0 Å². The molecule has 3 rings (SSSR count). The Hall–Kier alpha value is -1.18. The molecule has 2 aliphatic rings. The van der Waals surface area contributed by atoms with Crippen molar-refractivity contribution in [2.45, 2.75) is 26.3 Å². The minimum Gasteiger partial charge on any atom is -0.379 e. The van der Waals surface area contributed by atoms with E-state index in [4.69, 9.17) is 4.74 Å². The number of rotatable bonds is 4. The first-order valence-corrected chi connectivity index (χ1v) is 9.18. The Bertz CT molecular complexity index is 556. The lowest BCUT2D eigenvalue weighted by Gasteiger charge is -2.34. The summed E-state index contributed by atoms with van der Waals surface area (Å²) in [6.45, 7) is 9.36. The van der Waals surface area contributed by atoms with Crippen LogP contribution in [-0.2, 0) is 4.74 Å². The Labute approximate surface area is 142 Å². The van der Waals surface area contributed by atoms with Crippen molar-refractivity contribution in [1.29, 1.82) is 0 Å². The number of ether oxygens (including phenoxy) is 1. The van der Waals surface area contributed by atoms with Crippen LogP contribution in [-0.4, -0.2) is 72.6 Å². The lowest BCUT2D eigenvalue weighted by Crippen LogP contribution is -2.47. The van der Waals surface area contributed by atoms with E-state index >= 15 is 0 Å². The van der Waals surface area contributed by atoms with Gasteiger partial charge in [-0.2, -0.15) is 4.37 Å². The molecule has 1 aromatic heterocycles. The van der Waals surface area contributed by atoms with Crippen LogP contribution in [0.1, 0.15) is 29.4 Å². The molecular formula is C16H26N4O2S. The van der Waals surface area contributed by atoms with Gasteiger partial charge in [0.15, 0.2) is 0 Å². The van der Waals surface area contributed by atoms with Crippen molar-refractivity contribution in [2.75, 3.05) is 51.8 Å². The van der Waals surface area contributed by atoms with Crippen LogP contribution in [0, 0.1) is 12.8 Å². The molecule has 0 aliphatic carbocycles. The monoisotopic (exact) mass is 338 g/mol. The summed E-state index contributed by atoms with van der Waals surface area (Å²) in [5.74, 6) is 0.664. The van der Waals surface area contributed by atoms with E-state index < -0.39 is 0 Å². The van der Waals surface area contributed by atoms with Crippen molar-refractivity contribution in [3.05, 3.63) is 11.3 Å². The molecule has 0 spiro atoms. The van der Waals surface area contributed by atoms with Crippen molar-refractivity contribution in [3.8, 4) is 0 Å². The molecule has 2 aliphatic heterocycles. The highest BCUT2D eigenvalue weighted by Gasteiger charge is 2.39. The van der Waals surface area contributed by atoms with Gasteiger partial charge in [-0.15, -0.1) is 0 Å². The van der Waals surface area contributed by atoms with Crippen LogP contribution in [0.3, 0.4) is 0 Å². The number of hydrogen-bond acceptors (Lipinski definition) is 6. The molecule has 1 amide bonds. The topological polar surface area (TPSA) is 57.7 Å². The molecule has 1 aromatic rings. The van der Waals surface area contributed by atoms with Gasteiger partial charge in [-0.05, 0) is 24.4 Å². The Kier molecular flexibility index (Phi) is 5.18. The van der Waals surface area contributed by atoms with Crippen LogP contribution in [0.5, 0.6) is 0 Å². The summed E-state index contributed by atoms with van der Waals surface area (Å²) in [7, 11) is 1.85. The van der Waals surface area contributed by atoms with Crippen LogP contribution < -0.4 is 5.32 Å². The highest BCUT2D eigenvalue weighted by Crippen LogP contribution is 2.30.